The van der Waals surface area contributed by atoms with Crippen molar-refractivity contribution in [3.05, 3.63) is 63.4 Å². The van der Waals surface area contributed by atoms with E-state index in [1.165, 1.54) is 59.5 Å². The number of thiophene rings is 1. The van der Waals surface area contributed by atoms with Gasteiger partial charge >= 0.3 is 0 Å². The standard InChI is InChI=1S/C22H25NOS/c1-2-19(20-10-13-25-22(20)3-1)17-6-4-16(5-7-17)15-24-21-14-23-11-8-18(21)9-12-23/h2,4-7,10,13,18,21H,1,3,8-9,11-12,14-15H2. The topological polar surface area (TPSA) is 12.5 Å². The van der Waals surface area contributed by atoms with Gasteiger partial charge in [0.1, 0.15) is 0 Å². The van der Waals surface area contributed by atoms with Crippen molar-refractivity contribution < 1.29 is 4.74 Å². The minimum atomic E-state index is 0.441. The van der Waals surface area contributed by atoms with Crippen LogP contribution in [0.4, 0.5) is 0 Å². The average Bonchev–Trinajstić information content (AvgIpc) is 3.17. The minimum absolute atomic E-state index is 0.441. The number of piperidine rings is 3. The van der Waals surface area contributed by atoms with E-state index in [4.69, 9.17) is 4.74 Å². The summed E-state index contributed by atoms with van der Waals surface area (Å²) in [5, 5.41) is 2.22. The SMILES string of the molecule is C1=C(c2ccc(COC3CN4CCC3CC4)cc2)c2ccsc2CC1. The zero-order chi connectivity index (χ0) is 16.6. The molecule has 3 heteroatoms. The molecule has 1 aromatic carbocycles. The fraction of sp³-hybridized carbons (Fsp3) is 0.455. The molecule has 1 unspecified atom stereocenters. The van der Waals surface area contributed by atoms with Crippen molar-refractivity contribution in [1.29, 1.82) is 0 Å². The van der Waals surface area contributed by atoms with Crippen molar-refractivity contribution in [3.8, 4) is 0 Å². The monoisotopic (exact) mass is 351 g/mol. The summed E-state index contributed by atoms with van der Waals surface area (Å²) in [5.74, 6) is 0.786. The Morgan fingerprint density at radius 2 is 1.92 bits per heavy atom. The summed E-state index contributed by atoms with van der Waals surface area (Å²) in [6, 6.07) is 11.3. The lowest BCUT2D eigenvalue weighted by molar-refractivity contribution is -0.0765. The molecule has 3 fully saturated rings. The molecular formula is C22H25NOS. The predicted molar refractivity (Wildman–Crippen MR) is 104 cm³/mol. The van der Waals surface area contributed by atoms with Gasteiger partial charge in [0.2, 0.25) is 0 Å². The lowest BCUT2D eigenvalue weighted by Gasteiger charge is -2.44. The van der Waals surface area contributed by atoms with Gasteiger partial charge in [-0.15, -0.1) is 11.3 Å². The van der Waals surface area contributed by atoms with Crippen molar-refractivity contribution in [2.75, 3.05) is 19.6 Å². The Hall–Kier alpha value is -1.42. The predicted octanol–water partition coefficient (Wildman–Crippen LogP) is 4.74. The van der Waals surface area contributed by atoms with E-state index in [9.17, 15) is 0 Å². The average molecular weight is 352 g/mol. The van der Waals surface area contributed by atoms with Gasteiger partial charge in [-0.2, -0.15) is 0 Å². The number of rotatable bonds is 4. The second kappa shape index (κ2) is 6.71. The van der Waals surface area contributed by atoms with Crippen molar-refractivity contribution in [2.45, 2.75) is 38.4 Å². The summed E-state index contributed by atoms with van der Waals surface area (Å²) in [7, 11) is 0. The summed E-state index contributed by atoms with van der Waals surface area (Å²) >= 11 is 1.89. The van der Waals surface area contributed by atoms with Gasteiger partial charge in [0.15, 0.2) is 0 Å². The Bertz CT molecular complexity index is 768. The van der Waals surface area contributed by atoms with Gasteiger partial charge in [0, 0.05) is 11.4 Å². The van der Waals surface area contributed by atoms with Crippen LogP contribution < -0.4 is 0 Å². The summed E-state index contributed by atoms with van der Waals surface area (Å²) in [4.78, 5) is 4.09. The Kier molecular flexibility index (Phi) is 4.24. The number of aryl methyl sites for hydroxylation is 1. The largest absolute Gasteiger partial charge is 0.372 e. The van der Waals surface area contributed by atoms with Crippen LogP contribution in [0.25, 0.3) is 5.57 Å². The molecule has 0 N–H and O–H groups in total. The second-order valence-electron chi connectivity index (χ2n) is 7.60. The quantitative estimate of drug-likeness (QED) is 0.789. The maximum absolute atomic E-state index is 6.28. The maximum atomic E-state index is 6.28. The van der Waals surface area contributed by atoms with E-state index in [1.54, 1.807) is 0 Å². The fourth-order valence-corrected chi connectivity index (χ4v) is 5.50. The first kappa shape index (κ1) is 15.8. The zero-order valence-corrected chi connectivity index (χ0v) is 15.4. The number of allylic oxidation sites excluding steroid dienone is 1. The van der Waals surface area contributed by atoms with Gasteiger partial charge in [0.25, 0.3) is 0 Å². The molecule has 2 nitrogen and oxygen atoms in total. The molecule has 0 saturated carbocycles. The molecular weight excluding hydrogens is 326 g/mol. The van der Waals surface area contributed by atoms with Gasteiger partial charge in [0.05, 0.1) is 12.7 Å². The third-order valence-corrected chi connectivity index (χ3v) is 7.06. The molecule has 1 aromatic heterocycles. The van der Waals surface area contributed by atoms with Gasteiger partial charge in [-0.1, -0.05) is 30.3 Å². The van der Waals surface area contributed by atoms with Crippen LogP contribution in [0.5, 0.6) is 0 Å². The van der Waals surface area contributed by atoms with Gasteiger partial charge in [-0.05, 0) is 78.4 Å². The first-order chi connectivity index (χ1) is 12.4. The highest BCUT2D eigenvalue weighted by molar-refractivity contribution is 7.10. The molecule has 0 spiro atoms. The molecule has 1 atom stereocenters. The van der Waals surface area contributed by atoms with Crippen LogP contribution in [0.15, 0.2) is 41.8 Å². The second-order valence-corrected chi connectivity index (χ2v) is 8.60. The molecule has 0 amide bonds. The van der Waals surface area contributed by atoms with Gasteiger partial charge in [-0.3, -0.25) is 0 Å². The van der Waals surface area contributed by atoms with E-state index in [1.807, 2.05) is 11.3 Å². The van der Waals surface area contributed by atoms with E-state index in [-0.39, 0.29) is 0 Å². The third-order valence-electron chi connectivity index (χ3n) is 6.08. The van der Waals surface area contributed by atoms with E-state index in [0.29, 0.717) is 6.10 Å². The van der Waals surface area contributed by atoms with Crippen molar-refractivity contribution in [3.63, 3.8) is 0 Å². The van der Waals surface area contributed by atoms with Crippen LogP contribution in [0.3, 0.4) is 0 Å². The molecule has 3 aliphatic heterocycles. The highest BCUT2D eigenvalue weighted by Gasteiger charge is 2.34. The number of nitrogens with zero attached hydrogens (tertiary/aromatic N) is 1. The molecule has 130 valence electrons. The first-order valence-corrected chi connectivity index (χ1v) is 10.4. The first-order valence-electron chi connectivity index (χ1n) is 9.57. The lowest BCUT2D eigenvalue weighted by Crippen LogP contribution is -2.51. The number of benzene rings is 1. The van der Waals surface area contributed by atoms with Crippen LogP contribution in [-0.4, -0.2) is 30.6 Å². The highest BCUT2D eigenvalue weighted by Crippen LogP contribution is 2.35. The molecule has 2 aromatic rings. The number of hydrogen-bond donors (Lipinski definition) is 0. The van der Waals surface area contributed by atoms with Crippen LogP contribution in [0.1, 0.15) is 40.8 Å². The molecule has 6 rings (SSSR count). The summed E-state index contributed by atoms with van der Waals surface area (Å²) in [6.07, 6.45) is 7.83. The van der Waals surface area contributed by atoms with E-state index in [0.717, 1.165) is 25.5 Å². The number of hydrogen-bond acceptors (Lipinski definition) is 3. The Morgan fingerprint density at radius 1 is 1.08 bits per heavy atom. The molecule has 0 radical (unpaired) electrons. The van der Waals surface area contributed by atoms with Crippen molar-refractivity contribution in [1.82, 2.24) is 4.90 Å². The Labute approximate surface area is 154 Å². The molecule has 25 heavy (non-hydrogen) atoms. The Balaban J connectivity index is 1.26. The highest BCUT2D eigenvalue weighted by atomic mass is 32.1. The van der Waals surface area contributed by atoms with E-state index < -0.39 is 0 Å². The molecule has 1 aliphatic carbocycles. The molecule has 3 saturated heterocycles. The summed E-state index contributed by atoms with van der Waals surface area (Å²) < 4.78 is 6.28. The van der Waals surface area contributed by atoms with Gasteiger partial charge < -0.3 is 9.64 Å². The fourth-order valence-electron chi connectivity index (χ4n) is 4.59. The summed E-state index contributed by atoms with van der Waals surface area (Å²) in [6.45, 7) is 4.44. The van der Waals surface area contributed by atoms with Crippen LogP contribution in [0.2, 0.25) is 0 Å². The summed E-state index contributed by atoms with van der Waals surface area (Å²) in [5.41, 5.74) is 5.48. The smallest absolute Gasteiger partial charge is 0.0735 e. The lowest BCUT2D eigenvalue weighted by atomic mass is 9.86. The molecule has 4 aliphatic rings. The van der Waals surface area contributed by atoms with Crippen LogP contribution >= 0.6 is 11.3 Å². The van der Waals surface area contributed by atoms with Gasteiger partial charge in [-0.25, -0.2) is 0 Å². The minimum Gasteiger partial charge on any atom is -0.372 e. The normalized spacial score (nSPS) is 27.8. The number of ether oxygens (including phenoxy) is 1. The molecule has 4 heterocycles. The van der Waals surface area contributed by atoms with Crippen molar-refractivity contribution >= 4 is 16.9 Å². The Morgan fingerprint density at radius 3 is 2.68 bits per heavy atom. The molecule has 2 bridgehead atoms. The van der Waals surface area contributed by atoms with E-state index >= 15 is 0 Å². The zero-order valence-electron chi connectivity index (χ0n) is 14.6. The van der Waals surface area contributed by atoms with Crippen molar-refractivity contribution in [2.24, 2.45) is 5.92 Å². The van der Waals surface area contributed by atoms with Crippen LogP contribution in [-0.2, 0) is 17.8 Å². The third kappa shape index (κ3) is 3.10. The van der Waals surface area contributed by atoms with E-state index in [2.05, 4.69) is 46.7 Å². The maximum Gasteiger partial charge on any atom is 0.0735 e. The number of fused-ring (bicyclic) bond motifs is 4. The van der Waals surface area contributed by atoms with Crippen LogP contribution in [0, 0.1) is 5.92 Å².